The summed E-state index contributed by atoms with van der Waals surface area (Å²) in [6, 6.07) is 7.14. The van der Waals surface area contributed by atoms with Crippen LogP contribution in [0.2, 0.25) is 5.15 Å². The molecule has 20 heavy (non-hydrogen) atoms. The summed E-state index contributed by atoms with van der Waals surface area (Å²) >= 11 is 11.0. The van der Waals surface area contributed by atoms with Crippen molar-refractivity contribution in [3.63, 3.8) is 0 Å². The fraction of sp³-hybridized carbons (Fsp3) is 0.214. The molecule has 104 valence electrons. The Kier molecular flexibility index (Phi) is 4.19. The normalized spacial score (nSPS) is 17.6. The highest BCUT2D eigenvalue weighted by Crippen LogP contribution is 2.40. The van der Waals surface area contributed by atoms with E-state index in [1.54, 1.807) is 24.0 Å². The number of nitrogens with one attached hydrogen (secondary N) is 1. The molecule has 0 spiro atoms. The van der Waals surface area contributed by atoms with Crippen LogP contribution in [0.4, 0.5) is 10.1 Å². The summed E-state index contributed by atoms with van der Waals surface area (Å²) in [6.07, 6.45) is 2.57. The summed E-state index contributed by atoms with van der Waals surface area (Å²) in [5, 5.41) is 3.79. The first-order valence-corrected chi connectivity index (χ1v) is 8.29. The van der Waals surface area contributed by atoms with Gasteiger partial charge in [-0.2, -0.15) is 0 Å². The third-order valence-corrected chi connectivity index (χ3v) is 5.06. The Morgan fingerprint density at radius 1 is 1.45 bits per heavy atom. The van der Waals surface area contributed by atoms with Crippen molar-refractivity contribution in [2.24, 2.45) is 0 Å². The van der Waals surface area contributed by atoms with Crippen LogP contribution in [0.15, 0.2) is 39.8 Å². The van der Waals surface area contributed by atoms with E-state index in [1.807, 2.05) is 12.1 Å². The zero-order valence-corrected chi connectivity index (χ0v) is 13.5. The van der Waals surface area contributed by atoms with E-state index < -0.39 is 0 Å². The third kappa shape index (κ3) is 2.80. The average molecular weight is 374 g/mol. The second kappa shape index (κ2) is 5.92. The zero-order valence-electron chi connectivity index (χ0n) is 10.4. The lowest BCUT2D eigenvalue weighted by Crippen LogP contribution is -2.17. The molecule has 0 saturated carbocycles. The van der Waals surface area contributed by atoms with E-state index in [1.165, 1.54) is 6.07 Å². The molecular formula is C14H11BrClFN2S. The number of hydrogen-bond acceptors (Lipinski definition) is 3. The second-order valence-electron chi connectivity index (χ2n) is 4.48. The minimum Gasteiger partial charge on any atom is -0.376 e. The van der Waals surface area contributed by atoms with Gasteiger partial charge in [0.2, 0.25) is 0 Å². The van der Waals surface area contributed by atoms with E-state index in [9.17, 15) is 4.39 Å². The number of pyridine rings is 1. The SMILES string of the molecule is Fc1cccc2c1SCCC2Nc1cc(Br)cnc1Cl. The summed E-state index contributed by atoms with van der Waals surface area (Å²) in [6.45, 7) is 0. The van der Waals surface area contributed by atoms with Gasteiger partial charge < -0.3 is 5.32 Å². The minimum atomic E-state index is -0.155. The Morgan fingerprint density at radius 2 is 2.30 bits per heavy atom. The third-order valence-electron chi connectivity index (χ3n) is 3.16. The summed E-state index contributed by atoms with van der Waals surface area (Å²) in [5.74, 6) is 0.724. The van der Waals surface area contributed by atoms with Crippen LogP contribution in [0.1, 0.15) is 18.0 Å². The smallest absolute Gasteiger partial charge is 0.152 e. The molecule has 0 fully saturated rings. The molecule has 2 aromatic rings. The van der Waals surface area contributed by atoms with E-state index in [-0.39, 0.29) is 11.9 Å². The first-order chi connectivity index (χ1) is 9.65. The van der Waals surface area contributed by atoms with Crippen LogP contribution in [0.5, 0.6) is 0 Å². The molecule has 1 aromatic carbocycles. The number of rotatable bonds is 2. The van der Waals surface area contributed by atoms with Crippen molar-refractivity contribution >= 4 is 45.0 Å². The fourth-order valence-corrected chi connectivity index (χ4v) is 3.88. The first-order valence-electron chi connectivity index (χ1n) is 6.14. The van der Waals surface area contributed by atoms with Crippen LogP contribution in [0, 0.1) is 5.82 Å². The Labute approximate surface area is 134 Å². The highest BCUT2D eigenvalue weighted by Gasteiger charge is 2.23. The molecular weight excluding hydrogens is 363 g/mol. The number of benzene rings is 1. The van der Waals surface area contributed by atoms with Gasteiger partial charge in [-0.05, 0) is 40.0 Å². The topological polar surface area (TPSA) is 24.9 Å². The van der Waals surface area contributed by atoms with Crippen molar-refractivity contribution in [3.05, 3.63) is 51.5 Å². The lowest BCUT2D eigenvalue weighted by Gasteiger charge is -2.27. The molecule has 2 nitrogen and oxygen atoms in total. The van der Waals surface area contributed by atoms with Crippen LogP contribution in [-0.4, -0.2) is 10.7 Å². The molecule has 1 N–H and O–H groups in total. The monoisotopic (exact) mass is 372 g/mol. The number of aromatic nitrogens is 1. The number of thioether (sulfide) groups is 1. The van der Waals surface area contributed by atoms with E-state index >= 15 is 0 Å². The first kappa shape index (κ1) is 14.2. The highest BCUT2D eigenvalue weighted by molar-refractivity contribution is 9.10. The van der Waals surface area contributed by atoms with Gasteiger partial charge in [0.15, 0.2) is 5.15 Å². The van der Waals surface area contributed by atoms with Gasteiger partial charge in [0.25, 0.3) is 0 Å². The summed E-state index contributed by atoms with van der Waals surface area (Å²) < 4.78 is 14.7. The average Bonchev–Trinajstić information content (AvgIpc) is 2.44. The predicted molar refractivity (Wildman–Crippen MR) is 85.1 cm³/mol. The van der Waals surface area contributed by atoms with Gasteiger partial charge in [-0.3, -0.25) is 0 Å². The van der Waals surface area contributed by atoms with E-state index in [0.29, 0.717) is 5.15 Å². The Hall–Kier alpha value is -0.780. The molecule has 1 atom stereocenters. The summed E-state index contributed by atoms with van der Waals surface area (Å²) in [7, 11) is 0. The van der Waals surface area contributed by atoms with Gasteiger partial charge in [0, 0.05) is 21.3 Å². The summed E-state index contributed by atoms with van der Waals surface area (Å²) in [5.41, 5.74) is 1.74. The van der Waals surface area contributed by atoms with Crippen LogP contribution < -0.4 is 5.32 Å². The number of hydrogen-bond donors (Lipinski definition) is 1. The van der Waals surface area contributed by atoms with Crippen molar-refractivity contribution < 1.29 is 4.39 Å². The molecule has 0 saturated heterocycles. The molecule has 1 aliphatic heterocycles. The molecule has 0 bridgehead atoms. The molecule has 3 rings (SSSR count). The predicted octanol–water partition coefficient (Wildman–Crippen LogP) is 5.29. The maximum absolute atomic E-state index is 13.8. The van der Waals surface area contributed by atoms with Gasteiger partial charge >= 0.3 is 0 Å². The Morgan fingerprint density at radius 3 is 3.15 bits per heavy atom. The van der Waals surface area contributed by atoms with Crippen molar-refractivity contribution in [1.29, 1.82) is 0 Å². The Bertz CT molecular complexity index is 653. The van der Waals surface area contributed by atoms with Crippen molar-refractivity contribution in [2.45, 2.75) is 17.4 Å². The molecule has 6 heteroatoms. The number of fused-ring (bicyclic) bond motifs is 1. The molecule has 0 radical (unpaired) electrons. The molecule has 1 unspecified atom stereocenters. The van der Waals surface area contributed by atoms with Crippen molar-refractivity contribution in [1.82, 2.24) is 4.98 Å². The minimum absolute atomic E-state index is 0.0514. The highest BCUT2D eigenvalue weighted by atomic mass is 79.9. The van der Waals surface area contributed by atoms with E-state index in [2.05, 4.69) is 26.2 Å². The fourth-order valence-electron chi connectivity index (χ4n) is 2.25. The molecule has 0 amide bonds. The zero-order chi connectivity index (χ0) is 14.1. The van der Waals surface area contributed by atoms with Crippen LogP contribution in [0.25, 0.3) is 0 Å². The van der Waals surface area contributed by atoms with Gasteiger partial charge in [-0.25, -0.2) is 9.37 Å². The van der Waals surface area contributed by atoms with Crippen LogP contribution in [-0.2, 0) is 0 Å². The van der Waals surface area contributed by atoms with Crippen molar-refractivity contribution in [3.8, 4) is 0 Å². The van der Waals surface area contributed by atoms with Crippen LogP contribution >= 0.6 is 39.3 Å². The standard InChI is InChI=1S/C14H11BrClFN2S/c15-8-6-12(14(16)18-7-8)19-11-4-5-20-13-9(11)2-1-3-10(13)17/h1-3,6-7,11,19H,4-5H2. The van der Waals surface area contributed by atoms with E-state index in [0.717, 1.165) is 32.8 Å². The number of anilines is 1. The van der Waals surface area contributed by atoms with Gasteiger partial charge in [-0.1, -0.05) is 23.7 Å². The maximum atomic E-state index is 13.8. The summed E-state index contributed by atoms with van der Waals surface area (Å²) in [4.78, 5) is 4.83. The molecule has 0 aliphatic carbocycles. The largest absolute Gasteiger partial charge is 0.376 e. The lowest BCUT2D eigenvalue weighted by atomic mass is 10.0. The van der Waals surface area contributed by atoms with Crippen LogP contribution in [0.3, 0.4) is 0 Å². The molecule has 2 heterocycles. The maximum Gasteiger partial charge on any atom is 0.152 e. The molecule has 1 aliphatic rings. The van der Waals surface area contributed by atoms with E-state index in [4.69, 9.17) is 11.6 Å². The second-order valence-corrected chi connectivity index (χ2v) is 6.86. The Balaban J connectivity index is 1.94. The lowest BCUT2D eigenvalue weighted by molar-refractivity contribution is 0.585. The van der Waals surface area contributed by atoms with Gasteiger partial charge in [-0.15, -0.1) is 11.8 Å². The van der Waals surface area contributed by atoms with Gasteiger partial charge in [0.05, 0.1) is 11.7 Å². The quantitative estimate of drug-likeness (QED) is 0.724. The van der Waals surface area contributed by atoms with Gasteiger partial charge in [0.1, 0.15) is 5.82 Å². The number of halogens is 3. The van der Waals surface area contributed by atoms with Crippen molar-refractivity contribution in [2.75, 3.05) is 11.1 Å². The number of nitrogens with zero attached hydrogens (tertiary/aromatic N) is 1. The molecule has 1 aromatic heterocycles.